The first-order chi connectivity index (χ1) is 4.77. The van der Waals surface area contributed by atoms with Gasteiger partial charge in [0.15, 0.2) is 4.96 Å². The van der Waals surface area contributed by atoms with Gasteiger partial charge >= 0.3 is 0 Å². The van der Waals surface area contributed by atoms with E-state index in [2.05, 4.69) is 4.98 Å². The van der Waals surface area contributed by atoms with E-state index < -0.39 is 0 Å². The quantitative estimate of drug-likeness (QED) is 0.619. The van der Waals surface area contributed by atoms with E-state index in [9.17, 15) is 0 Å². The number of anilines is 1. The number of hydrogen-bond donors (Lipinski definition) is 1. The Bertz CT molecular complexity index is 360. The van der Waals surface area contributed by atoms with Crippen molar-refractivity contribution < 1.29 is 0 Å². The molecule has 0 aliphatic carbocycles. The molecule has 2 aromatic heterocycles. The van der Waals surface area contributed by atoms with E-state index in [1.807, 2.05) is 22.9 Å². The van der Waals surface area contributed by atoms with E-state index in [-0.39, 0.29) is 0 Å². The summed E-state index contributed by atoms with van der Waals surface area (Å²) in [6.45, 7) is 1.96. The lowest BCUT2D eigenvalue weighted by Crippen LogP contribution is -1.87. The maximum atomic E-state index is 5.62. The first kappa shape index (κ1) is 5.73. The number of nitrogens with two attached hydrogens (primary N) is 1. The second-order valence-electron chi connectivity index (χ2n) is 2.20. The van der Waals surface area contributed by atoms with Crippen LogP contribution in [0.25, 0.3) is 4.96 Å². The topological polar surface area (TPSA) is 43.3 Å². The van der Waals surface area contributed by atoms with E-state index >= 15 is 0 Å². The van der Waals surface area contributed by atoms with Gasteiger partial charge in [-0.15, -0.1) is 11.3 Å². The minimum Gasteiger partial charge on any atom is -0.384 e. The molecule has 2 rings (SSSR count). The van der Waals surface area contributed by atoms with E-state index in [1.54, 1.807) is 11.3 Å². The highest BCUT2D eigenvalue weighted by Crippen LogP contribution is 2.17. The van der Waals surface area contributed by atoms with Gasteiger partial charge in [-0.3, -0.25) is 4.40 Å². The summed E-state index contributed by atoms with van der Waals surface area (Å²) in [6, 6.07) is 0. The lowest BCUT2D eigenvalue weighted by molar-refractivity contribution is 1.23. The molecule has 10 heavy (non-hydrogen) atoms. The van der Waals surface area contributed by atoms with Crippen LogP contribution in [-0.2, 0) is 0 Å². The molecule has 0 aromatic carbocycles. The van der Waals surface area contributed by atoms with Crippen LogP contribution < -0.4 is 5.73 Å². The van der Waals surface area contributed by atoms with Crippen LogP contribution in [0.2, 0.25) is 0 Å². The van der Waals surface area contributed by atoms with Gasteiger partial charge < -0.3 is 5.73 Å². The van der Waals surface area contributed by atoms with Crippen LogP contribution in [0.4, 0.5) is 5.82 Å². The monoisotopic (exact) mass is 153 g/mol. The number of thiazole rings is 1. The lowest BCUT2D eigenvalue weighted by Gasteiger charge is -1.83. The van der Waals surface area contributed by atoms with Crippen LogP contribution >= 0.6 is 11.3 Å². The zero-order chi connectivity index (χ0) is 7.14. The van der Waals surface area contributed by atoms with Crippen molar-refractivity contribution in [1.29, 1.82) is 0 Å². The van der Waals surface area contributed by atoms with Crippen molar-refractivity contribution in [3.8, 4) is 0 Å². The molecule has 3 nitrogen and oxygen atoms in total. The summed E-state index contributed by atoms with van der Waals surface area (Å²) in [5.74, 6) is 0.764. The van der Waals surface area contributed by atoms with Crippen molar-refractivity contribution >= 4 is 22.1 Å². The zero-order valence-corrected chi connectivity index (χ0v) is 6.35. The molecule has 0 aliphatic heterocycles. The Morgan fingerprint density at radius 1 is 1.70 bits per heavy atom. The van der Waals surface area contributed by atoms with Gasteiger partial charge in [0.25, 0.3) is 0 Å². The Kier molecular flexibility index (Phi) is 0.990. The van der Waals surface area contributed by atoms with Gasteiger partial charge in [0.05, 0.1) is 5.69 Å². The van der Waals surface area contributed by atoms with E-state index in [4.69, 9.17) is 5.73 Å². The first-order valence-corrected chi connectivity index (χ1v) is 3.84. The van der Waals surface area contributed by atoms with Crippen molar-refractivity contribution in [3.05, 3.63) is 17.3 Å². The van der Waals surface area contributed by atoms with E-state index in [1.165, 1.54) is 0 Å². The number of imidazole rings is 1. The molecular formula is C6H7N3S. The van der Waals surface area contributed by atoms with Crippen LogP contribution in [0.1, 0.15) is 5.69 Å². The van der Waals surface area contributed by atoms with Crippen LogP contribution in [0.15, 0.2) is 11.6 Å². The minimum atomic E-state index is 0.764. The second-order valence-corrected chi connectivity index (χ2v) is 3.03. The Labute approximate surface area is 62.1 Å². The van der Waals surface area contributed by atoms with Gasteiger partial charge in [-0.1, -0.05) is 0 Å². The number of nitrogens with zero attached hydrogens (tertiary/aromatic N) is 2. The molecule has 0 aliphatic rings. The van der Waals surface area contributed by atoms with Gasteiger partial charge in [-0.05, 0) is 6.92 Å². The van der Waals surface area contributed by atoms with E-state index in [0.717, 1.165) is 16.5 Å². The first-order valence-electron chi connectivity index (χ1n) is 2.96. The Hall–Kier alpha value is -1.03. The molecule has 0 radical (unpaired) electrons. The van der Waals surface area contributed by atoms with Crippen molar-refractivity contribution in [2.75, 3.05) is 5.73 Å². The van der Waals surface area contributed by atoms with Crippen molar-refractivity contribution in [2.24, 2.45) is 0 Å². The van der Waals surface area contributed by atoms with Gasteiger partial charge in [0, 0.05) is 11.6 Å². The molecule has 2 aromatic rings. The third-order valence-corrected chi connectivity index (χ3v) is 2.22. The molecule has 0 fully saturated rings. The fourth-order valence-corrected chi connectivity index (χ4v) is 1.72. The summed E-state index contributed by atoms with van der Waals surface area (Å²) < 4.78 is 1.89. The SMILES string of the molecule is Cc1cn2c(N)csc2n1. The Morgan fingerprint density at radius 2 is 2.50 bits per heavy atom. The number of aromatic nitrogens is 2. The summed E-state index contributed by atoms with van der Waals surface area (Å²) in [4.78, 5) is 5.20. The maximum Gasteiger partial charge on any atom is 0.195 e. The molecule has 0 saturated carbocycles. The standard InChI is InChI=1S/C6H7N3S/c1-4-2-9-5(7)3-10-6(9)8-4/h2-3H,7H2,1H3. The molecule has 0 spiro atoms. The molecule has 0 unspecified atom stereocenters. The van der Waals surface area contributed by atoms with Crippen LogP contribution in [-0.4, -0.2) is 9.38 Å². The molecule has 52 valence electrons. The fourth-order valence-electron chi connectivity index (χ4n) is 0.914. The Morgan fingerprint density at radius 3 is 3.20 bits per heavy atom. The fraction of sp³-hybridized carbons (Fsp3) is 0.167. The number of hydrogen-bond acceptors (Lipinski definition) is 3. The van der Waals surface area contributed by atoms with Gasteiger partial charge in [0.2, 0.25) is 0 Å². The number of aryl methyl sites for hydroxylation is 1. The third-order valence-electron chi connectivity index (χ3n) is 1.36. The summed E-state index contributed by atoms with van der Waals surface area (Å²) >= 11 is 1.56. The molecule has 2 heterocycles. The van der Waals surface area contributed by atoms with Crippen LogP contribution in [0.5, 0.6) is 0 Å². The van der Waals surface area contributed by atoms with Crippen LogP contribution in [0, 0.1) is 6.92 Å². The van der Waals surface area contributed by atoms with Gasteiger partial charge in [0.1, 0.15) is 5.82 Å². The highest BCUT2D eigenvalue weighted by atomic mass is 32.1. The summed E-state index contributed by atoms with van der Waals surface area (Å²) in [5, 5.41) is 1.89. The summed E-state index contributed by atoms with van der Waals surface area (Å²) in [5.41, 5.74) is 6.64. The van der Waals surface area contributed by atoms with Crippen LogP contribution in [0.3, 0.4) is 0 Å². The highest BCUT2D eigenvalue weighted by Gasteiger charge is 2.00. The largest absolute Gasteiger partial charge is 0.384 e. The second kappa shape index (κ2) is 1.73. The summed E-state index contributed by atoms with van der Waals surface area (Å²) in [7, 11) is 0. The van der Waals surface area contributed by atoms with Crippen molar-refractivity contribution in [2.45, 2.75) is 6.92 Å². The lowest BCUT2D eigenvalue weighted by atomic mass is 10.6. The molecule has 2 N–H and O–H groups in total. The maximum absolute atomic E-state index is 5.62. The van der Waals surface area contributed by atoms with Gasteiger partial charge in [-0.25, -0.2) is 4.98 Å². The normalized spacial score (nSPS) is 10.9. The number of rotatable bonds is 0. The third kappa shape index (κ3) is 0.623. The van der Waals surface area contributed by atoms with Crippen molar-refractivity contribution in [1.82, 2.24) is 9.38 Å². The average molecular weight is 153 g/mol. The minimum absolute atomic E-state index is 0.764. The molecule has 0 amide bonds. The highest BCUT2D eigenvalue weighted by molar-refractivity contribution is 7.15. The van der Waals surface area contributed by atoms with E-state index in [0.29, 0.717) is 0 Å². The average Bonchev–Trinajstić information content (AvgIpc) is 2.35. The number of nitrogen functional groups attached to an aromatic ring is 1. The molecule has 4 heteroatoms. The smallest absolute Gasteiger partial charge is 0.195 e. The van der Waals surface area contributed by atoms with Crippen molar-refractivity contribution in [3.63, 3.8) is 0 Å². The predicted octanol–water partition coefficient (Wildman–Crippen LogP) is 1.29. The molecular weight excluding hydrogens is 146 g/mol. The molecule has 0 bridgehead atoms. The van der Waals surface area contributed by atoms with Gasteiger partial charge in [-0.2, -0.15) is 0 Å². The molecule has 0 saturated heterocycles. The molecule has 0 atom stereocenters. The zero-order valence-electron chi connectivity index (χ0n) is 5.53. The Balaban J connectivity index is 2.90. The predicted molar refractivity (Wildman–Crippen MR) is 42.2 cm³/mol. The summed E-state index contributed by atoms with van der Waals surface area (Å²) in [6.07, 6.45) is 1.93. The number of fused-ring (bicyclic) bond motifs is 1.